The van der Waals surface area contributed by atoms with Crippen LogP contribution in [0.5, 0.6) is 0 Å². The van der Waals surface area contributed by atoms with Crippen LogP contribution in [-0.2, 0) is 9.47 Å². The fraction of sp³-hybridized carbons (Fsp3) is 1.00. The predicted molar refractivity (Wildman–Crippen MR) is 52.4 cm³/mol. The van der Waals surface area contributed by atoms with E-state index in [2.05, 4.69) is 0 Å². The smallest absolute Gasteiger partial charge is 0.165 e. The molecule has 0 aromatic heterocycles. The van der Waals surface area contributed by atoms with Crippen molar-refractivity contribution in [2.45, 2.75) is 44.8 Å². The second-order valence-corrected chi connectivity index (χ2v) is 3.78. The van der Waals surface area contributed by atoms with Crippen LogP contribution in [0.3, 0.4) is 0 Å². The maximum Gasteiger partial charge on any atom is 0.165 e. The molecule has 0 unspecified atom stereocenters. The molecule has 1 aliphatic heterocycles. The summed E-state index contributed by atoms with van der Waals surface area (Å²) in [5.74, 6) is -0.289. The molecule has 1 saturated heterocycles. The van der Waals surface area contributed by atoms with E-state index in [1.165, 1.54) is 19.3 Å². The molecule has 0 aromatic rings. The molecule has 3 heteroatoms. The number of ether oxygens (including phenoxy) is 2. The van der Waals surface area contributed by atoms with Crippen LogP contribution >= 0.6 is 0 Å². The van der Waals surface area contributed by atoms with Gasteiger partial charge in [0.1, 0.15) is 0 Å². The highest BCUT2D eigenvalue weighted by Crippen LogP contribution is 2.25. The van der Waals surface area contributed by atoms with Gasteiger partial charge in [0.15, 0.2) is 5.79 Å². The maximum atomic E-state index is 5.50. The first-order valence-electron chi connectivity index (χ1n) is 5.25. The highest BCUT2D eigenvalue weighted by Gasteiger charge is 2.29. The molecule has 0 amide bonds. The molecule has 0 aromatic carbocycles. The van der Waals surface area contributed by atoms with E-state index in [0.29, 0.717) is 0 Å². The summed E-state index contributed by atoms with van der Waals surface area (Å²) in [5.41, 5.74) is 5.41. The number of unbranched alkanes of at least 4 members (excludes halogenated alkanes) is 3. The fourth-order valence-corrected chi connectivity index (χ4v) is 1.65. The van der Waals surface area contributed by atoms with Gasteiger partial charge in [-0.2, -0.15) is 0 Å². The molecular weight excluding hydrogens is 166 g/mol. The first kappa shape index (κ1) is 11.0. The molecule has 0 spiro atoms. The van der Waals surface area contributed by atoms with E-state index in [4.69, 9.17) is 15.2 Å². The molecule has 3 nitrogen and oxygen atoms in total. The second kappa shape index (κ2) is 5.58. The Labute approximate surface area is 80.6 Å². The minimum atomic E-state index is -0.289. The highest BCUT2D eigenvalue weighted by atomic mass is 16.7. The Morgan fingerprint density at radius 1 is 1.08 bits per heavy atom. The van der Waals surface area contributed by atoms with E-state index in [1.54, 1.807) is 0 Å². The second-order valence-electron chi connectivity index (χ2n) is 3.78. The van der Waals surface area contributed by atoms with E-state index in [9.17, 15) is 0 Å². The molecule has 0 bridgehead atoms. The summed E-state index contributed by atoms with van der Waals surface area (Å²) in [4.78, 5) is 0. The van der Waals surface area contributed by atoms with Gasteiger partial charge in [-0.3, -0.25) is 0 Å². The Bertz CT molecular complexity index is 133. The molecule has 13 heavy (non-hydrogen) atoms. The largest absolute Gasteiger partial charge is 0.348 e. The van der Waals surface area contributed by atoms with Gasteiger partial charge >= 0.3 is 0 Å². The van der Waals surface area contributed by atoms with Crippen LogP contribution in [0.1, 0.15) is 39.0 Å². The monoisotopic (exact) mass is 187 g/mol. The van der Waals surface area contributed by atoms with Crippen molar-refractivity contribution < 1.29 is 9.47 Å². The van der Waals surface area contributed by atoms with Crippen LogP contribution in [-0.4, -0.2) is 25.5 Å². The highest BCUT2D eigenvalue weighted by molar-refractivity contribution is 4.67. The fourth-order valence-electron chi connectivity index (χ4n) is 1.65. The van der Waals surface area contributed by atoms with Gasteiger partial charge in [-0.1, -0.05) is 12.8 Å². The van der Waals surface area contributed by atoms with Gasteiger partial charge in [0.25, 0.3) is 0 Å². The zero-order valence-corrected chi connectivity index (χ0v) is 8.55. The summed E-state index contributed by atoms with van der Waals surface area (Å²) >= 11 is 0. The van der Waals surface area contributed by atoms with Crippen molar-refractivity contribution >= 4 is 0 Å². The van der Waals surface area contributed by atoms with Crippen molar-refractivity contribution in [2.24, 2.45) is 5.73 Å². The third-order valence-electron chi connectivity index (χ3n) is 2.48. The van der Waals surface area contributed by atoms with Crippen LogP contribution in [0.2, 0.25) is 0 Å². The third-order valence-corrected chi connectivity index (χ3v) is 2.48. The maximum absolute atomic E-state index is 5.50. The molecule has 1 fully saturated rings. The molecule has 1 aliphatic rings. The summed E-state index contributed by atoms with van der Waals surface area (Å²) in [6.45, 7) is 4.34. The summed E-state index contributed by atoms with van der Waals surface area (Å²) in [6, 6.07) is 0. The molecule has 0 atom stereocenters. The van der Waals surface area contributed by atoms with Crippen molar-refractivity contribution in [3.05, 3.63) is 0 Å². The van der Waals surface area contributed by atoms with Gasteiger partial charge in [-0.25, -0.2) is 0 Å². The van der Waals surface area contributed by atoms with E-state index < -0.39 is 0 Å². The summed E-state index contributed by atoms with van der Waals surface area (Å²) < 4.78 is 11.0. The van der Waals surface area contributed by atoms with Crippen LogP contribution in [0.15, 0.2) is 0 Å². The number of hydrogen-bond donors (Lipinski definition) is 1. The molecule has 0 aliphatic carbocycles. The lowest BCUT2D eigenvalue weighted by atomic mass is 10.1. The van der Waals surface area contributed by atoms with Crippen LogP contribution in [0.25, 0.3) is 0 Å². The van der Waals surface area contributed by atoms with E-state index in [0.717, 1.165) is 32.6 Å². The Kier molecular flexibility index (Phi) is 4.70. The quantitative estimate of drug-likeness (QED) is 0.643. The van der Waals surface area contributed by atoms with Crippen molar-refractivity contribution in [1.29, 1.82) is 0 Å². The number of nitrogens with two attached hydrogens (primary N) is 1. The lowest BCUT2D eigenvalue weighted by molar-refractivity contribution is -0.147. The molecule has 0 radical (unpaired) electrons. The Morgan fingerprint density at radius 3 is 2.31 bits per heavy atom. The normalized spacial score (nSPS) is 20.8. The minimum absolute atomic E-state index is 0.289. The van der Waals surface area contributed by atoms with Crippen LogP contribution < -0.4 is 5.73 Å². The molecule has 1 rings (SSSR count). The molecular formula is C10H21NO2. The lowest BCUT2D eigenvalue weighted by Crippen LogP contribution is -2.25. The Morgan fingerprint density at radius 2 is 1.69 bits per heavy atom. The molecule has 1 heterocycles. The average Bonchev–Trinajstić information content (AvgIpc) is 2.53. The summed E-state index contributed by atoms with van der Waals surface area (Å²) in [5, 5.41) is 0. The van der Waals surface area contributed by atoms with Crippen molar-refractivity contribution in [3.8, 4) is 0 Å². The SMILES string of the molecule is CC1(CCCCCCN)OCCO1. The topological polar surface area (TPSA) is 44.5 Å². The molecule has 0 saturated carbocycles. The van der Waals surface area contributed by atoms with Crippen LogP contribution in [0, 0.1) is 0 Å². The van der Waals surface area contributed by atoms with Crippen molar-refractivity contribution in [1.82, 2.24) is 0 Å². The molecule has 78 valence electrons. The summed E-state index contributed by atoms with van der Waals surface area (Å²) in [7, 11) is 0. The molecule has 2 N–H and O–H groups in total. The first-order valence-corrected chi connectivity index (χ1v) is 5.25. The Hall–Kier alpha value is -0.120. The average molecular weight is 187 g/mol. The lowest BCUT2D eigenvalue weighted by Gasteiger charge is -2.21. The van der Waals surface area contributed by atoms with Gasteiger partial charge in [0, 0.05) is 6.42 Å². The van der Waals surface area contributed by atoms with Gasteiger partial charge < -0.3 is 15.2 Å². The third kappa shape index (κ3) is 4.07. The van der Waals surface area contributed by atoms with E-state index in [1.807, 2.05) is 6.92 Å². The standard InChI is InChI=1S/C10H21NO2/c1-10(12-8-9-13-10)6-4-2-3-5-7-11/h2-9,11H2,1H3. The van der Waals surface area contributed by atoms with Crippen molar-refractivity contribution in [2.75, 3.05) is 19.8 Å². The number of rotatable bonds is 6. The van der Waals surface area contributed by atoms with Gasteiger partial charge in [0.2, 0.25) is 0 Å². The predicted octanol–water partition coefficient (Wildman–Crippen LogP) is 1.66. The van der Waals surface area contributed by atoms with Crippen molar-refractivity contribution in [3.63, 3.8) is 0 Å². The van der Waals surface area contributed by atoms with Gasteiger partial charge in [-0.05, 0) is 26.3 Å². The first-order chi connectivity index (χ1) is 6.27. The van der Waals surface area contributed by atoms with E-state index >= 15 is 0 Å². The van der Waals surface area contributed by atoms with E-state index in [-0.39, 0.29) is 5.79 Å². The zero-order chi connectivity index (χ0) is 9.57. The Balaban J connectivity index is 1.98. The van der Waals surface area contributed by atoms with Crippen LogP contribution in [0.4, 0.5) is 0 Å². The zero-order valence-electron chi connectivity index (χ0n) is 8.55. The minimum Gasteiger partial charge on any atom is -0.348 e. The summed E-state index contributed by atoms with van der Waals surface area (Å²) in [6.07, 6.45) is 5.79. The van der Waals surface area contributed by atoms with Gasteiger partial charge in [0.05, 0.1) is 13.2 Å². The number of hydrogen-bond acceptors (Lipinski definition) is 3. The van der Waals surface area contributed by atoms with Gasteiger partial charge in [-0.15, -0.1) is 0 Å².